The molecular weight excluding hydrogens is 268 g/mol. The number of hydrogen-bond acceptors (Lipinski definition) is 7. The Hall–Kier alpha value is -0.480. The average molecular weight is 284 g/mol. The summed E-state index contributed by atoms with van der Waals surface area (Å²) in [6.07, 6.45) is 0.230. The fraction of sp³-hybridized carbons (Fsp3) is 0.750. The van der Waals surface area contributed by atoms with Crippen molar-refractivity contribution in [1.82, 2.24) is 0 Å². The van der Waals surface area contributed by atoms with Crippen LogP contribution in [0.15, 0.2) is 0 Å². The minimum absolute atomic E-state index is 0.147. The number of aliphatic hydroxyl groups is 1. The molecule has 0 fully saturated rings. The standard InChI is InChI=1S/C8H16N2O5S2/c9-4(7(12)13)3-16-17-5(1-2-11)6(10)8(14)15/h4-6,11H,1-3,9-10H2,(H,12,13)(H,14,15)/t4-,5?,6-/m0/s1. The molecule has 0 aliphatic carbocycles. The fourth-order valence-electron chi connectivity index (χ4n) is 0.845. The molecule has 0 aliphatic heterocycles. The smallest absolute Gasteiger partial charge is 0.321 e. The summed E-state index contributed by atoms with van der Waals surface area (Å²) in [5, 5.41) is 25.6. The summed E-state index contributed by atoms with van der Waals surface area (Å²) >= 11 is 0. The van der Waals surface area contributed by atoms with E-state index in [1.165, 1.54) is 0 Å². The van der Waals surface area contributed by atoms with Crippen molar-refractivity contribution in [3.63, 3.8) is 0 Å². The zero-order valence-electron chi connectivity index (χ0n) is 8.98. The number of aliphatic hydroxyl groups excluding tert-OH is 1. The van der Waals surface area contributed by atoms with Gasteiger partial charge >= 0.3 is 11.9 Å². The van der Waals surface area contributed by atoms with Crippen LogP contribution in [-0.2, 0) is 9.59 Å². The molecule has 0 heterocycles. The summed E-state index contributed by atoms with van der Waals surface area (Å²) in [5.41, 5.74) is 10.7. The molecule has 7 nitrogen and oxygen atoms in total. The van der Waals surface area contributed by atoms with Crippen LogP contribution >= 0.6 is 21.6 Å². The third-order valence-corrected chi connectivity index (χ3v) is 4.82. The van der Waals surface area contributed by atoms with Crippen LogP contribution in [-0.4, -0.2) is 57.0 Å². The van der Waals surface area contributed by atoms with E-state index in [9.17, 15) is 9.59 Å². The van der Waals surface area contributed by atoms with E-state index >= 15 is 0 Å². The molecule has 0 aromatic heterocycles. The lowest BCUT2D eigenvalue weighted by Gasteiger charge is -2.18. The Bertz CT molecular complexity index is 266. The predicted molar refractivity (Wildman–Crippen MR) is 66.8 cm³/mol. The normalized spacial score (nSPS) is 16.2. The highest BCUT2D eigenvalue weighted by Crippen LogP contribution is 2.30. The molecule has 17 heavy (non-hydrogen) atoms. The lowest BCUT2D eigenvalue weighted by Crippen LogP contribution is -2.40. The molecule has 0 aliphatic rings. The zero-order chi connectivity index (χ0) is 13.4. The molecule has 0 bridgehead atoms. The van der Waals surface area contributed by atoms with Crippen LogP contribution in [0.4, 0.5) is 0 Å². The Labute approximate surface area is 106 Å². The van der Waals surface area contributed by atoms with Crippen molar-refractivity contribution in [2.24, 2.45) is 11.5 Å². The van der Waals surface area contributed by atoms with Crippen molar-refractivity contribution in [3.05, 3.63) is 0 Å². The maximum Gasteiger partial charge on any atom is 0.321 e. The van der Waals surface area contributed by atoms with Crippen LogP contribution in [0, 0.1) is 0 Å². The van der Waals surface area contributed by atoms with Gasteiger partial charge in [-0.15, -0.1) is 0 Å². The first-order chi connectivity index (χ1) is 7.90. The second-order valence-corrected chi connectivity index (χ2v) is 5.89. The Morgan fingerprint density at radius 2 is 1.76 bits per heavy atom. The van der Waals surface area contributed by atoms with Crippen LogP contribution in [0.1, 0.15) is 6.42 Å². The molecule has 0 saturated carbocycles. The van der Waals surface area contributed by atoms with Crippen LogP contribution < -0.4 is 11.5 Å². The van der Waals surface area contributed by atoms with Gasteiger partial charge in [-0.1, -0.05) is 21.6 Å². The van der Waals surface area contributed by atoms with Crippen molar-refractivity contribution < 1.29 is 24.9 Å². The summed E-state index contributed by atoms with van der Waals surface area (Å²) in [6.45, 7) is -0.176. The van der Waals surface area contributed by atoms with Crippen molar-refractivity contribution in [3.8, 4) is 0 Å². The Kier molecular flexibility index (Phi) is 8.35. The molecule has 9 heteroatoms. The molecule has 0 spiro atoms. The van der Waals surface area contributed by atoms with Crippen LogP contribution in [0.2, 0.25) is 0 Å². The van der Waals surface area contributed by atoms with E-state index in [4.69, 9.17) is 26.8 Å². The SMILES string of the molecule is N[C@H](C(=O)O)C(CCO)SSC[C@H](N)C(=O)O. The number of aliphatic carboxylic acids is 2. The maximum atomic E-state index is 10.7. The summed E-state index contributed by atoms with van der Waals surface area (Å²) in [5.74, 6) is -2.12. The number of nitrogens with two attached hydrogens (primary N) is 2. The van der Waals surface area contributed by atoms with E-state index in [0.29, 0.717) is 0 Å². The summed E-state index contributed by atoms with van der Waals surface area (Å²) < 4.78 is 0. The lowest BCUT2D eigenvalue weighted by atomic mass is 10.2. The Balaban J connectivity index is 4.09. The quantitative estimate of drug-likeness (QED) is 0.334. The van der Waals surface area contributed by atoms with Crippen LogP contribution in [0.3, 0.4) is 0 Å². The predicted octanol–water partition coefficient (Wildman–Crippen LogP) is -1.06. The molecule has 7 N–H and O–H groups in total. The van der Waals surface area contributed by atoms with Gasteiger partial charge < -0.3 is 26.8 Å². The minimum atomic E-state index is -1.15. The first-order valence-electron chi connectivity index (χ1n) is 4.76. The van der Waals surface area contributed by atoms with Crippen molar-refractivity contribution in [1.29, 1.82) is 0 Å². The second-order valence-electron chi connectivity index (χ2n) is 3.24. The zero-order valence-corrected chi connectivity index (χ0v) is 10.6. The molecule has 0 aromatic carbocycles. The maximum absolute atomic E-state index is 10.7. The van der Waals surface area contributed by atoms with Crippen LogP contribution in [0.5, 0.6) is 0 Å². The van der Waals surface area contributed by atoms with E-state index < -0.39 is 29.3 Å². The Morgan fingerprint density at radius 3 is 2.18 bits per heavy atom. The van der Waals surface area contributed by atoms with Gasteiger partial charge in [0.25, 0.3) is 0 Å². The largest absolute Gasteiger partial charge is 0.480 e. The van der Waals surface area contributed by atoms with Crippen molar-refractivity contribution >= 4 is 33.5 Å². The van der Waals surface area contributed by atoms with Gasteiger partial charge in [-0.25, -0.2) is 0 Å². The van der Waals surface area contributed by atoms with Gasteiger partial charge in [0.2, 0.25) is 0 Å². The van der Waals surface area contributed by atoms with E-state index in [2.05, 4.69) is 0 Å². The molecular formula is C8H16N2O5S2. The first-order valence-corrected chi connectivity index (χ1v) is 7.14. The van der Waals surface area contributed by atoms with E-state index in [0.717, 1.165) is 21.6 Å². The monoisotopic (exact) mass is 284 g/mol. The number of carbonyl (C=O) groups is 2. The average Bonchev–Trinajstić information content (AvgIpc) is 2.26. The van der Waals surface area contributed by atoms with Crippen molar-refractivity contribution in [2.45, 2.75) is 23.8 Å². The molecule has 0 radical (unpaired) electrons. The molecule has 0 aromatic rings. The molecule has 1 unspecified atom stereocenters. The summed E-state index contributed by atoms with van der Waals surface area (Å²) in [6, 6.07) is -2.09. The summed E-state index contributed by atoms with van der Waals surface area (Å²) in [7, 11) is 2.28. The number of hydrogen-bond donors (Lipinski definition) is 5. The van der Waals surface area contributed by atoms with Gasteiger partial charge in [0.15, 0.2) is 0 Å². The van der Waals surface area contributed by atoms with Gasteiger partial charge in [0.05, 0.1) is 0 Å². The molecule has 0 amide bonds. The molecule has 0 rings (SSSR count). The summed E-state index contributed by atoms with van der Waals surface area (Å²) in [4.78, 5) is 21.1. The fourth-order valence-corrected chi connectivity index (χ4v) is 3.67. The second kappa shape index (κ2) is 8.59. The highest BCUT2D eigenvalue weighted by Gasteiger charge is 2.25. The van der Waals surface area contributed by atoms with Gasteiger partial charge in [-0.3, -0.25) is 9.59 Å². The minimum Gasteiger partial charge on any atom is -0.480 e. The van der Waals surface area contributed by atoms with Crippen LogP contribution in [0.25, 0.3) is 0 Å². The lowest BCUT2D eigenvalue weighted by molar-refractivity contribution is -0.139. The first kappa shape index (κ1) is 16.5. The van der Waals surface area contributed by atoms with Gasteiger partial charge in [-0.2, -0.15) is 0 Å². The van der Waals surface area contributed by atoms with Gasteiger partial charge in [0.1, 0.15) is 12.1 Å². The molecule has 0 saturated heterocycles. The van der Waals surface area contributed by atoms with Gasteiger partial charge in [-0.05, 0) is 6.42 Å². The Morgan fingerprint density at radius 1 is 1.18 bits per heavy atom. The van der Waals surface area contributed by atoms with Crippen molar-refractivity contribution in [2.75, 3.05) is 12.4 Å². The van der Waals surface area contributed by atoms with Gasteiger partial charge in [0, 0.05) is 17.6 Å². The highest BCUT2D eigenvalue weighted by atomic mass is 33.1. The molecule has 3 atom stereocenters. The number of carboxylic acids is 2. The number of rotatable bonds is 9. The third-order valence-electron chi connectivity index (χ3n) is 1.86. The topological polar surface area (TPSA) is 147 Å². The third kappa shape index (κ3) is 6.74. The van der Waals surface area contributed by atoms with E-state index in [1.54, 1.807) is 0 Å². The van der Waals surface area contributed by atoms with E-state index in [-0.39, 0.29) is 18.8 Å². The number of carboxylic acid groups (broad SMARTS) is 2. The highest BCUT2D eigenvalue weighted by molar-refractivity contribution is 8.77. The van der Waals surface area contributed by atoms with E-state index in [1.807, 2.05) is 0 Å². The molecule has 100 valence electrons.